The highest BCUT2D eigenvalue weighted by Gasteiger charge is 2.41. The Morgan fingerprint density at radius 3 is 1.56 bits per heavy atom. The van der Waals surface area contributed by atoms with Gasteiger partial charge in [0.05, 0.1) is 0 Å². The van der Waals surface area contributed by atoms with Crippen molar-refractivity contribution in [2.45, 2.75) is 17.0 Å². The predicted molar refractivity (Wildman–Crippen MR) is 28.7 cm³/mol. The average molecular weight is 181 g/mol. The first-order valence-corrected chi connectivity index (χ1v) is 2.77. The van der Waals surface area contributed by atoms with Crippen LogP contribution in [0.3, 0.4) is 0 Å². The molecule has 0 saturated heterocycles. The molecule has 0 rings (SSSR count). The minimum Gasteiger partial charge on any atom is -0.359 e. The van der Waals surface area contributed by atoms with E-state index in [1.54, 1.807) is 0 Å². The van der Waals surface area contributed by atoms with Gasteiger partial charge in [0.2, 0.25) is 0 Å². The molecular weight excluding hydrogens is 177 g/mol. The van der Waals surface area contributed by atoms with Crippen LogP contribution >= 0.6 is 23.2 Å². The van der Waals surface area contributed by atoms with Crippen LogP contribution in [0.5, 0.6) is 0 Å². The maximum atomic E-state index is 11.4. The second-order valence-corrected chi connectivity index (χ2v) is 2.48. The quantitative estimate of drug-likeness (QED) is 0.487. The molecule has 0 spiro atoms. The maximum absolute atomic E-state index is 11.4. The lowest BCUT2D eigenvalue weighted by Crippen LogP contribution is -2.43. The number of hydrogen-bond donors (Lipinski definition) is 2. The van der Waals surface area contributed by atoms with E-state index in [1.165, 1.54) is 0 Å². The van der Waals surface area contributed by atoms with E-state index < -0.39 is 17.0 Å². The molecule has 0 aromatic carbocycles. The molecule has 0 bridgehead atoms. The fraction of sp³-hybridized carbons (Fsp3) is 1.00. The van der Waals surface area contributed by atoms with Crippen molar-refractivity contribution >= 4 is 23.2 Å². The zero-order valence-electron chi connectivity index (χ0n) is 4.06. The van der Waals surface area contributed by atoms with Gasteiger partial charge in [0.1, 0.15) is 0 Å². The molecule has 2 N–H and O–H groups in total. The summed E-state index contributed by atoms with van der Waals surface area (Å²) in [4.78, 5) is -1.91. The summed E-state index contributed by atoms with van der Waals surface area (Å²) in [6.07, 6.45) is -3.36. The van der Waals surface area contributed by atoms with Gasteiger partial charge in [-0.05, 0) is 0 Å². The number of aliphatic hydroxyl groups is 2. The summed E-state index contributed by atoms with van der Waals surface area (Å²) in [6.45, 7) is 0. The van der Waals surface area contributed by atoms with Crippen LogP contribution in [0.4, 0.5) is 8.78 Å². The first kappa shape index (κ1) is 9.36. The fourth-order valence-electron chi connectivity index (χ4n) is 0.0952. The Bertz CT molecular complexity index is 85.8. The maximum Gasteiger partial charge on any atom is 0.294 e. The smallest absolute Gasteiger partial charge is 0.294 e. The highest BCUT2D eigenvalue weighted by Crippen LogP contribution is 2.23. The molecule has 9 heavy (non-hydrogen) atoms. The first-order valence-electron chi connectivity index (χ1n) is 1.90. The van der Waals surface area contributed by atoms with Gasteiger partial charge in [0, 0.05) is 0 Å². The van der Waals surface area contributed by atoms with E-state index in [4.69, 9.17) is 33.4 Å². The number of alkyl halides is 4. The van der Waals surface area contributed by atoms with Gasteiger partial charge >= 0.3 is 0 Å². The third-order valence-corrected chi connectivity index (χ3v) is 1.28. The van der Waals surface area contributed by atoms with E-state index in [0.717, 1.165) is 0 Å². The van der Waals surface area contributed by atoms with Crippen LogP contribution in [0, 0.1) is 0 Å². The van der Waals surface area contributed by atoms with Gasteiger partial charge in [0.25, 0.3) is 12.2 Å². The normalized spacial score (nSPS) is 13.3. The Morgan fingerprint density at radius 1 is 1.22 bits per heavy atom. The summed E-state index contributed by atoms with van der Waals surface area (Å²) in [5.41, 5.74) is 0. The molecule has 6 heteroatoms. The molecule has 0 atom stereocenters. The van der Waals surface area contributed by atoms with Gasteiger partial charge in [-0.3, -0.25) is 0 Å². The third-order valence-electron chi connectivity index (χ3n) is 0.642. The molecule has 2 nitrogen and oxygen atoms in total. The van der Waals surface area contributed by atoms with Gasteiger partial charge in [-0.2, -0.15) is 0 Å². The SMILES string of the molecule is OC(O)(C(F)F)C(Cl)Cl. The molecule has 0 aliphatic heterocycles. The van der Waals surface area contributed by atoms with Crippen molar-refractivity contribution in [2.75, 3.05) is 0 Å². The minimum absolute atomic E-state index is 1.91. The van der Waals surface area contributed by atoms with Crippen LogP contribution in [0.2, 0.25) is 0 Å². The van der Waals surface area contributed by atoms with Crippen molar-refractivity contribution in [1.82, 2.24) is 0 Å². The molecule has 56 valence electrons. The molecule has 0 aliphatic rings. The molecule has 0 fully saturated rings. The molecule has 0 amide bonds. The summed E-state index contributed by atoms with van der Waals surface area (Å²) in [7, 11) is 0. The molecule has 0 aromatic rings. The highest BCUT2D eigenvalue weighted by molar-refractivity contribution is 6.45. The molecule has 0 radical (unpaired) electrons. The van der Waals surface area contributed by atoms with E-state index >= 15 is 0 Å². The Kier molecular flexibility index (Phi) is 3.08. The fourth-order valence-corrected chi connectivity index (χ4v) is 0.286. The van der Waals surface area contributed by atoms with E-state index in [-0.39, 0.29) is 0 Å². The lowest BCUT2D eigenvalue weighted by molar-refractivity contribution is -0.229. The van der Waals surface area contributed by atoms with E-state index in [0.29, 0.717) is 0 Å². The molecule has 0 aromatic heterocycles. The topological polar surface area (TPSA) is 40.5 Å². The summed E-state index contributed by atoms with van der Waals surface area (Å²) >= 11 is 9.50. The van der Waals surface area contributed by atoms with E-state index in [1.807, 2.05) is 0 Å². The van der Waals surface area contributed by atoms with Crippen LogP contribution in [0.15, 0.2) is 0 Å². The minimum atomic E-state index is -3.36. The van der Waals surface area contributed by atoms with Crippen LogP contribution in [0.1, 0.15) is 0 Å². The van der Waals surface area contributed by atoms with E-state index in [9.17, 15) is 8.78 Å². The van der Waals surface area contributed by atoms with Gasteiger partial charge in [-0.15, -0.1) is 0 Å². The molecule has 0 saturated carbocycles. The summed E-state index contributed by atoms with van der Waals surface area (Å²) in [6, 6.07) is 0. The van der Waals surface area contributed by atoms with Crippen molar-refractivity contribution in [3.8, 4) is 0 Å². The molecule has 0 unspecified atom stereocenters. The monoisotopic (exact) mass is 180 g/mol. The lowest BCUT2D eigenvalue weighted by atomic mass is 10.3. The zero-order chi connectivity index (χ0) is 7.65. The second kappa shape index (κ2) is 2.96. The van der Waals surface area contributed by atoms with Crippen molar-refractivity contribution in [3.63, 3.8) is 0 Å². The first-order chi connectivity index (χ1) is 3.89. The molecule has 0 aliphatic carbocycles. The summed E-state index contributed by atoms with van der Waals surface area (Å²) in [5, 5.41) is 16.4. The third kappa shape index (κ3) is 2.21. The van der Waals surface area contributed by atoms with Gasteiger partial charge < -0.3 is 10.2 Å². The second-order valence-electron chi connectivity index (χ2n) is 1.38. The zero-order valence-corrected chi connectivity index (χ0v) is 5.57. The Labute approximate surface area is 60.0 Å². The number of hydrogen-bond acceptors (Lipinski definition) is 2. The van der Waals surface area contributed by atoms with Crippen molar-refractivity contribution in [3.05, 3.63) is 0 Å². The Hall–Kier alpha value is 0.360. The largest absolute Gasteiger partial charge is 0.359 e. The van der Waals surface area contributed by atoms with Crippen molar-refractivity contribution in [1.29, 1.82) is 0 Å². The van der Waals surface area contributed by atoms with Crippen LogP contribution in [-0.4, -0.2) is 27.3 Å². The van der Waals surface area contributed by atoms with Crippen LogP contribution in [0.25, 0.3) is 0 Å². The molecule has 0 heterocycles. The summed E-state index contributed by atoms with van der Waals surface area (Å²) < 4.78 is 22.8. The number of halogens is 4. The highest BCUT2D eigenvalue weighted by atomic mass is 35.5. The van der Waals surface area contributed by atoms with Crippen molar-refractivity contribution < 1.29 is 19.0 Å². The Balaban J connectivity index is 4.01. The predicted octanol–water partition coefficient (Wildman–Crippen LogP) is 0.736. The van der Waals surface area contributed by atoms with Crippen molar-refractivity contribution in [2.24, 2.45) is 0 Å². The standard InChI is InChI=1S/C3H4Cl2F2O2/c4-1(5)3(8,9)2(6)7/h1-2,8-9H. The van der Waals surface area contributed by atoms with Gasteiger partial charge in [-0.1, -0.05) is 23.2 Å². The van der Waals surface area contributed by atoms with Gasteiger partial charge in [0.15, 0.2) is 4.84 Å². The summed E-state index contributed by atoms with van der Waals surface area (Å²) in [5.74, 6) is -3.30. The average Bonchev–Trinajstić information content (AvgIpc) is 1.65. The van der Waals surface area contributed by atoms with E-state index in [2.05, 4.69) is 0 Å². The Morgan fingerprint density at radius 2 is 1.56 bits per heavy atom. The lowest BCUT2D eigenvalue weighted by Gasteiger charge is -2.20. The molecular formula is C3H4Cl2F2O2. The number of rotatable bonds is 2. The van der Waals surface area contributed by atoms with Crippen LogP contribution in [-0.2, 0) is 0 Å². The van der Waals surface area contributed by atoms with Gasteiger partial charge in [-0.25, -0.2) is 8.78 Å². The van der Waals surface area contributed by atoms with Crippen LogP contribution < -0.4 is 0 Å².